The Labute approximate surface area is 135 Å². The molecule has 0 saturated heterocycles. The van der Waals surface area contributed by atoms with E-state index in [1.807, 2.05) is 20.8 Å². The minimum Gasteiger partial charge on any atom is -0.192 e. The van der Waals surface area contributed by atoms with Crippen molar-refractivity contribution in [3.8, 4) is 24.3 Å². The summed E-state index contributed by atoms with van der Waals surface area (Å²) in [6, 6.07) is 11.9. The van der Waals surface area contributed by atoms with Crippen molar-refractivity contribution < 1.29 is 0 Å². The van der Waals surface area contributed by atoms with Gasteiger partial charge in [-0.2, -0.15) is 21.0 Å². The van der Waals surface area contributed by atoms with Crippen molar-refractivity contribution in [1.29, 1.82) is 21.0 Å². The molecule has 0 spiro atoms. The van der Waals surface area contributed by atoms with Crippen LogP contribution in [-0.2, 0) is 6.42 Å². The van der Waals surface area contributed by atoms with Crippen LogP contribution in [0.15, 0.2) is 12.1 Å². The van der Waals surface area contributed by atoms with E-state index in [0.717, 1.165) is 5.56 Å². The van der Waals surface area contributed by atoms with Crippen molar-refractivity contribution >= 4 is 10.8 Å². The van der Waals surface area contributed by atoms with Gasteiger partial charge in [-0.1, -0.05) is 20.8 Å². The van der Waals surface area contributed by atoms with Gasteiger partial charge in [-0.3, -0.25) is 0 Å². The summed E-state index contributed by atoms with van der Waals surface area (Å²) in [5, 5.41) is 39.0. The van der Waals surface area contributed by atoms with Crippen molar-refractivity contribution in [2.24, 2.45) is 0 Å². The Morgan fingerprint density at radius 3 is 1.78 bits per heavy atom. The zero-order valence-corrected chi connectivity index (χ0v) is 13.2. The van der Waals surface area contributed by atoms with E-state index in [1.54, 1.807) is 12.1 Å². The van der Waals surface area contributed by atoms with E-state index in [0.29, 0.717) is 45.0 Å². The number of fused-ring (bicyclic) bond motifs is 1. The normalized spacial score (nSPS) is 9.91. The van der Waals surface area contributed by atoms with Crippen LogP contribution >= 0.6 is 0 Å². The third-order valence-electron chi connectivity index (χ3n) is 3.98. The van der Waals surface area contributed by atoms with E-state index < -0.39 is 0 Å². The fourth-order valence-electron chi connectivity index (χ4n) is 2.87. The molecule has 110 valence electrons. The molecule has 2 aromatic rings. The maximum atomic E-state index is 9.61. The fourth-order valence-corrected chi connectivity index (χ4v) is 2.87. The molecular weight excluding hydrogens is 284 g/mol. The molecule has 0 unspecified atom stereocenters. The van der Waals surface area contributed by atoms with Gasteiger partial charge in [0.05, 0.1) is 34.4 Å². The molecule has 0 fully saturated rings. The van der Waals surface area contributed by atoms with Crippen LogP contribution in [0.5, 0.6) is 0 Å². The number of rotatable bonds is 2. The van der Waals surface area contributed by atoms with E-state index in [4.69, 9.17) is 0 Å². The van der Waals surface area contributed by atoms with Crippen molar-refractivity contribution in [3.05, 3.63) is 45.5 Å². The Morgan fingerprint density at radius 1 is 0.826 bits per heavy atom. The van der Waals surface area contributed by atoms with Crippen molar-refractivity contribution in [2.75, 3.05) is 0 Å². The van der Waals surface area contributed by atoms with Crippen LogP contribution < -0.4 is 0 Å². The van der Waals surface area contributed by atoms with Crippen LogP contribution in [0.1, 0.15) is 60.1 Å². The third-order valence-corrected chi connectivity index (χ3v) is 3.98. The Morgan fingerprint density at radius 2 is 1.35 bits per heavy atom. The number of nitriles is 4. The first-order valence-corrected chi connectivity index (χ1v) is 7.30. The molecule has 4 nitrogen and oxygen atoms in total. The molecule has 0 bridgehead atoms. The molecule has 0 heterocycles. The maximum Gasteiger partial charge on any atom is 0.100 e. The lowest BCUT2D eigenvalue weighted by Crippen LogP contribution is -2.02. The quantitative estimate of drug-likeness (QED) is 0.836. The van der Waals surface area contributed by atoms with Crippen LogP contribution in [0.4, 0.5) is 0 Å². The second-order valence-electron chi connectivity index (χ2n) is 5.55. The van der Waals surface area contributed by atoms with Crippen LogP contribution in [-0.4, -0.2) is 0 Å². The molecule has 2 aromatic carbocycles. The second-order valence-corrected chi connectivity index (χ2v) is 5.55. The lowest BCUT2D eigenvalue weighted by Gasteiger charge is -2.16. The highest BCUT2D eigenvalue weighted by Crippen LogP contribution is 2.35. The van der Waals surface area contributed by atoms with Crippen LogP contribution in [0.25, 0.3) is 10.8 Å². The lowest BCUT2D eigenvalue weighted by molar-refractivity contribution is 0.864. The van der Waals surface area contributed by atoms with E-state index in [1.165, 1.54) is 0 Å². The fraction of sp³-hybridized carbons (Fsp3) is 0.263. The van der Waals surface area contributed by atoms with Gasteiger partial charge in [0.2, 0.25) is 0 Å². The first-order chi connectivity index (χ1) is 11.0. The molecule has 0 N–H and O–H groups in total. The van der Waals surface area contributed by atoms with E-state index >= 15 is 0 Å². The van der Waals surface area contributed by atoms with Gasteiger partial charge in [-0.15, -0.1) is 0 Å². The first kappa shape index (κ1) is 16.0. The minimum atomic E-state index is 0.0316. The number of hydrogen-bond acceptors (Lipinski definition) is 4. The summed E-state index contributed by atoms with van der Waals surface area (Å²) in [6.07, 6.45) is 0.576. The third kappa shape index (κ3) is 2.38. The summed E-state index contributed by atoms with van der Waals surface area (Å²) in [4.78, 5) is 0. The summed E-state index contributed by atoms with van der Waals surface area (Å²) >= 11 is 0. The molecule has 0 saturated carbocycles. The highest BCUT2D eigenvalue weighted by Gasteiger charge is 2.21. The Bertz CT molecular complexity index is 971. The summed E-state index contributed by atoms with van der Waals surface area (Å²) < 4.78 is 0. The van der Waals surface area contributed by atoms with Gasteiger partial charge < -0.3 is 0 Å². The molecule has 0 aliphatic heterocycles. The lowest BCUT2D eigenvalue weighted by atomic mass is 9.84. The highest BCUT2D eigenvalue weighted by molar-refractivity contribution is 6.01. The molecule has 0 atom stereocenters. The van der Waals surface area contributed by atoms with Gasteiger partial charge in [-0.05, 0) is 35.6 Å². The predicted molar refractivity (Wildman–Crippen MR) is 86.3 cm³/mol. The van der Waals surface area contributed by atoms with Gasteiger partial charge in [0, 0.05) is 10.8 Å². The molecule has 0 aromatic heterocycles. The average Bonchev–Trinajstić information content (AvgIpc) is 2.58. The van der Waals surface area contributed by atoms with Gasteiger partial charge in [0.1, 0.15) is 12.1 Å². The zero-order chi connectivity index (χ0) is 17.1. The summed E-state index contributed by atoms with van der Waals surface area (Å²) in [6.45, 7) is 5.75. The Balaban J connectivity index is 3.27. The van der Waals surface area contributed by atoms with Crippen LogP contribution in [0, 0.1) is 45.3 Å². The predicted octanol–water partition coefficient (Wildman–Crippen LogP) is 4.01. The molecule has 0 aliphatic rings. The topological polar surface area (TPSA) is 95.2 Å². The first-order valence-electron chi connectivity index (χ1n) is 7.30. The Kier molecular flexibility index (Phi) is 4.32. The second kappa shape index (κ2) is 6.19. The SMILES string of the molecule is CCc1cc(C#N)c2c(C#N)c(C(C)C)cc(C#N)c2c1C#N. The van der Waals surface area contributed by atoms with Crippen molar-refractivity contribution in [1.82, 2.24) is 0 Å². The van der Waals surface area contributed by atoms with Gasteiger partial charge in [0.15, 0.2) is 0 Å². The molecule has 2 rings (SSSR count). The van der Waals surface area contributed by atoms with E-state index in [9.17, 15) is 21.0 Å². The molecule has 23 heavy (non-hydrogen) atoms. The van der Waals surface area contributed by atoms with Gasteiger partial charge >= 0.3 is 0 Å². The smallest absolute Gasteiger partial charge is 0.100 e. The standard InChI is InChI=1S/C19H14N4/c1-4-12-5-13(7-20)19-17(10-23)15(11(2)3)6-14(8-21)18(19)16(12)9-22/h5-6,11H,4H2,1-3H3. The van der Waals surface area contributed by atoms with Crippen molar-refractivity contribution in [3.63, 3.8) is 0 Å². The summed E-state index contributed by atoms with van der Waals surface area (Å²) in [5.41, 5.74) is 2.88. The maximum absolute atomic E-state index is 9.61. The molecule has 0 radical (unpaired) electrons. The average molecular weight is 298 g/mol. The van der Waals surface area contributed by atoms with Crippen LogP contribution in [0.3, 0.4) is 0 Å². The van der Waals surface area contributed by atoms with Crippen LogP contribution in [0.2, 0.25) is 0 Å². The van der Waals surface area contributed by atoms with Gasteiger partial charge in [0.25, 0.3) is 0 Å². The zero-order valence-electron chi connectivity index (χ0n) is 13.2. The molecule has 0 amide bonds. The number of hydrogen-bond donors (Lipinski definition) is 0. The monoisotopic (exact) mass is 298 g/mol. The molecule has 4 heteroatoms. The Hall–Kier alpha value is -3.34. The summed E-state index contributed by atoms with van der Waals surface area (Å²) in [7, 11) is 0. The minimum absolute atomic E-state index is 0.0316. The summed E-state index contributed by atoms with van der Waals surface area (Å²) in [5.74, 6) is 0.0316. The molecular formula is C19H14N4. The number of benzene rings is 2. The largest absolute Gasteiger partial charge is 0.192 e. The number of nitrogens with zero attached hydrogens (tertiary/aromatic N) is 4. The highest BCUT2D eigenvalue weighted by atomic mass is 14.3. The van der Waals surface area contributed by atoms with E-state index in [-0.39, 0.29) is 5.92 Å². The number of aryl methyl sites for hydroxylation is 1. The van der Waals surface area contributed by atoms with Crippen molar-refractivity contribution in [2.45, 2.75) is 33.1 Å². The van der Waals surface area contributed by atoms with Gasteiger partial charge in [-0.25, -0.2) is 0 Å². The molecule has 0 aliphatic carbocycles. The van der Waals surface area contributed by atoms with E-state index in [2.05, 4.69) is 24.3 Å².